The van der Waals surface area contributed by atoms with Gasteiger partial charge in [0.2, 0.25) is 10.0 Å². The zero-order valence-electron chi connectivity index (χ0n) is 14.1. The molecule has 0 aliphatic rings. The SMILES string of the molecule is CCc1ccc(OCC(=O)NCCc2ccc(S(N)(=O)=O)cc2)cc1. The number of rotatable bonds is 8. The molecule has 0 unspecified atom stereocenters. The monoisotopic (exact) mass is 362 g/mol. The summed E-state index contributed by atoms with van der Waals surface area (Å²) in [5.41, 5.74) is 2.12. The Morgan fingerprint density at radius 2 is 1.64 bits per heavy atom. The summed E-state index contributed by atoms with van der Waals surface area (Å²) in [5.74, 6) is 0.451. The van der Waals surface area contributed by atoms with Crippen LogP contribution in [-0.4, -0.2) is 27.5 Å². The van der Waals surface area contributed by atoms with Gasteiger partial charge in [-0.3, -0.25) is 4.79 Å². The summed E-state index contributed by atoms with van der Waals surface area (Å²) < 4.78 is 27.8. The molecule has 0 spiro atoms. The van der Waals surface area contributed by atoms with Crippen molar-refractivity contribution in [3.8, 4) is 5.75 Å². The van der Waals surface area contributed by atoms with Crippen LogP contribution in [0.5, 0.6) is 5.75 Å². The van der Waals surface area contributed by atoms with E-state index in [2.05, 4.69) is 12.2 Å². The molecule has 25 heavy (non-hydrogen) atoms. The minimum Gasteiger partial charge on any atom is -0.484 e. The molecule has 2 rings (SSSR count). The molecule has 0 saturated heterocycles. The lowest BCUT2D eigenvalue weighted by Crippen LogP contribution is -2.30. The summed E-state index contributed by atoms with van der Waals surface area (Å²) in [6.45, 7) is 2.47. The number of primary sulfonamides is 1. The van der Waals surface area contributed by atoms with Gasteiger partial charge in [0, 0.05) is 6.54 Å². The van der Waals surface area contributed by atoms with Gasteiger partial charge in [-0.1, -0.05) is 31.2 Å². The number of nitrogens with one attached hydrogen (secondary N) is 1. The molecule has 6 nitrogen and oxygen atoms in total. The van der Waals surface area contributed by atoms with Gasteiger partial charge in [0.15, 0.2) is 6.61 Å². The van der Waals surface area contributed by atoms with E-state index in [0.717, 1.165) is 12.0 Å². The molecule has 0 fully saturated rings. The molecule has 3 N–H and O–H groups in total. The van der Waals surface area contributed by atoms with Crippen molar-refractivity contribution in [1.82, 2.24) is 5.32 Å². The Bertz CT molecular complexity index is 800. The predicted octanol–water partition coefficient (Wildman–Crippen LogP) is 1.63. The van der Waals surface area contributed by atoms with Crippen molar-refractivity contribution in [2.75, 3.05) is 13.2 Å². The maximum atomic E-state index is 11.8. The Balaban J connectivity index is 1.72. The van der Waals surface area contributed by atoms with Gasteiger partial charge in [-0.2, -0.15) is 0 Å². The molecule has 0 atom stereocenters. The lowest BCUT2D eigenvalue weighted by atomic mass is 10.1. The van der Waals surface area contributed by atoms with Crippen LogP contribution in [0, 0.1) is 0 Å². The van der Waals surface area contributed by atoms with Gasteiger partial charge < -0.3 is 10.1 Å². The maximum Gasteiger partial charge on any atom is 0.257 e. The first kappa shape index (κ1) is 19.0. The fourth-order valence-corrected chi connectivity index (χ4v) is 2.73. The van der Waals surface area contributed by atoms with Crippen LogP contribution < -0.4 is 15.2 Å². The fraction of sp³-hybridized carbons (Fsp3) is 0.278. The van der Waals surface area contributed by atoms with Crippen LogP contribution in [0.15, 0.2) is 53.4 Å². The van der Waals surface area contributed by atoms with E-state index < -0.39 is 10.0 Å². The first-order chi connectivity index (χ1) is 11.9. The molecule has 0 aliphatic heterocycles. The maximum absolute atomic E-state index is 11.8. The molecule has 0 bridgehead atoms. The molecule has 2 aromatic carbocycles. The molecule has 0 heterocycles. The highest BCUT2D eigenvalue weighted by Crippen LogP contribution is 2.12. The molecule has 134 valence electrons. The van der Waals surface area contributed by atoms with Crippen molar-refractivity contribution in [3.63, 3.8) is 0 Å². The van der Waals surface area contributed by atoms with Crippen LogP contribution >= 0.6 is 0 Å². The van der Waals surface area contributed by atoms with Crippen molar-refractivity contribution < 1.29 is 17.9 Å². The molecule has 0 aliphatic carbocycles. The van der Waals surface area contributed by atoms with Crippen LogP contribution in [0.1, 0.15) is 18.1 Å². The number of sulfonamides is 1. The van der Waals surface area contributed by atoms with Crippen LogP contribution in [-0.2, 0) is 27.7 Å². The third kappa shape index (κ3) is 6.21. The number of hydrogen-bond acceptors (Lipinski definition) is 4. The number of carbonyl (C=O) groups excluding carboxylic acids is 1. The quantitative estimate of drug-likeness (QED) is 0.746. The highest BCUT2D eigenvalue weighted by atomic mass is 32.2. The molecule has 0 radical (unpaired) electrons. The Morgan fingerprint density at radius 3 is 2.20 bits per heavy atom. The summed E-state index contributed by atoms with van der Waals surface area (Å²) in [6.07, 6.45) is 1.54. The Hall–Kier alpha value is -2.38. The number of amides is 1. The largest absolute Gasteiger partial charge is 0.484 e. The third-order valence-corrected chi connectivity index (χ3v) is 4.62. The van der Waals surface area contributed by atoms with Crippen LogP contribution in [0.2, 0.25) is 0 Å². The number of benzene rings is 2. The predicted molar refractivity (Wildman–Crippen MR) is 95.8 cm³/mol. The van der Waals surface area contributed by atoms with Crippen molar-refractivity contribution in [2.45, 2.75) is 24.7 Å². The lowest BCUT2D eigenvalue weighted by Gasteiger charge is -2.08. The van der Waals surface area contributed by atoms with Crippen molar-refractivity contribution >= 4 is 15.9 Å². The smallest absolute Gasteiger partial charge is 0.257 e. The number of nitrogens with two attached hydrogens (primary N) is 1. The van der Waals surface area contributed by atoms with Crippen LogP contribution in [0.4, 0.5) is 0 Å². The lowest BCUT2D eigenvalue weighted by molar-refractivity contribution is -0.123. The van der Waals surface area contributed by atoms with E-state index in [1.807, 2.05) is 24.3 Å². The van der Waals surface area contributed by atoms with Crippen molar-refractivity contribution in [3.05, 3.63) is 59.7 Å². The zero-order valence-corrected chi connectivity index (χ0v) is 14.9. The second-order valence-corrected chi connectivity index (χ2v) is 7.14. The molecule has 0 saturated carbocycles. The molecule has 0 aromatic heterocycles. The zero-order chi connectivity index (χ0) is 18.3. The van der Waals surface area contributed by atoms with Gasteiger partial charge in [0.1, 0.15) is 5.75 Å². The van der Waals surface area contributed by atoms with Gasteiger partial charge in [-0.05, 0) is 48.2 Å². The van der Waals surface area contributed by atoms with Gasteiger partial charge in [0.05, 0.1) is 4.90 Å². The molecule has 7 heteroatoms. The Labute approximate surface area is 148 Å². The van der Waals surface area contributed by atoms with Gasteiger partial charge >= 0.3 is 0 Å². The van der Waals surface area contributed by atoms with E-state index in [-0.39, 0.29) is 17.4 Å². The highest BCUT2D eigenvalue weighted by Gasteiger charge is 2.07. The number of aryl methyl sites for hydroxylation is 1. The fourth-order valence-electron chi connectivity index (χ4n) is 2.21. The number of carbonyl (C=O) groups is 1. The average molecular weight is 362 g/mol. The van der Waals surface area contributed by atoms with Gasteiger partial charge in [-0.15, -0.1) is 0 Å². The molecule has 1 amide bonds. The normalized spacial score (nSPS) is 11.1. The van der Waals surface area contributed by atoms with E-state index in [0.29, 0.717) is 18.7 Å². The topological polar surface area (TPSA) is 98.5 Å². The van der Waals surface area contributed by atoms with Crippen LogP contribution in [0.25, 0.3) is 0 Å². The third-order valence-electron chi connectivity index (χ3n) is 3.69. The van der Waals surface area contributed by atoms with Crippen LogP contribution in [0.3, 0.4) is 0 Å². The summed E-state index contributed by atoms with van der Waals surface area (Å²) in [4.78, 5) is 11.9. The summed E-state index contributed by atoms with van der Waals surface area (Å²) in [7, 11) is -3.68. The van der Waals surface area contributed by atoms with Crippen molar-refractivity contribution in [2.24, 2.45) is 5.14 Å². The minimum atomic E-state index is -3.68. The average Bonchev–Trinajstić information content (AvgIpc) is 2.60. The number of ether oxygens (including phenoxy) is 1. The first-order valence-electron chi connectivity index (χ1n) is 7.98. The number of hydrogen-bond donors (Lipinski definition) is 2. The Morgan fingerprint density at radius 1 is 1.04 bits per heavy atom. The summed E-state index contributed by atoms with van der Waals surface area (Å²) in [5, 5.41) is 7.81. The van der Waals surface area contributed by atoms with Gasteiger partial charge in [0.25, 0.3) is 5.91 Å². The van der Waals surface area contributed by atoms with Gasteiger partial charge in [-0.25, -0.2) is 13.6 Å². The standard InChI is InChI=1S/C18H22N2O4S/c1-2-14-3-7-16(8-4-14)24-13-18(21)20-12-11-15-5-9-17(10-6-15)25(19,22)23/h3-10H,2,11-13H2,1H3,(H,20,21)(H2,19,22,23). The Kier molecular flexibility index (Phi) is 6.55. The minimum absolute atomic E-state index is 0.0458. The van der Waals surface area contributed by atoms with E-state index in [1.54, 1.807) is 12.1 Å². The van der Waals surface area contributed by atoms with E-state index in [9.17, 15) is 13.2 Å². The van der Waals surface area contributed by atoms with E-state index in [4.69, 9.17) is 9.88 Å². The summed E-state index contributed by atoms with van der Waals surface area (Å²) >= 11 is 0. The molecular weight excluding hydrogens is 340 g/mol. The second kappa shape index (κ2) is 8.64. The van der Waals surface area contributed by atoms with E-state index >= 15 is 0 Å². The molecular formula is C18H22N2O4S. The first-order valence-corrected chi connectivity index (χ1v) is 9.53. The summed E-state index contributed by atoms with van der Waals surface area (Å²) in [6, 6.07) is 13.9. The second-order valence-electron chi connectivity index (χ2n) is 5.58. The molecule has 2 aromatic rings. The van der Waals surface area contributed by atoms with E-state index in [1.165, 1.54) is 17.7 Å². The van der Waals surface area contributed by atoms with Crippen molar-refractivity contribution in [1.29, 1.82) is 0 Å². The highest BCUT2D eigenvalue weighted by molar-refractivity contribution is 7.89.